The minimum atomic E-state index is -4.31. The summed E-state index contributed by atoms with van der Waals surface area (Å²) in [6.07, 6.45) is 0. The smallest absolute Gasteiger partial charge is 0.200 e. The Bertz CT molecular complexity index is 1010. The zero-order valence-corrected chi connectivity index (χ0v) is 16.6. The summed E-state index contributed by atoms with van der Waals surface area (Å²) >= 11 is 4.27. The molecule has 0 saturated heterocycles. The van der Waals surface area contributed by atoms with Crippen LogP contribution in [0.5, 0.6) is 0 Å². The number of nitrogens with zero attached hydrogens (tertiary/aromatic N) is 1. The first-order valence-electron chi connectivity index (χ1n) is 6.99. The summed E-state index contributed by atoms with van der Waals surface area (Å²) in [6.45, 7) is 0. The second-order valence-corrected chi connectivity index (χ2v) is 11.2. The molecule has 0 bridgehead atoms. The average molecular weight is 458 g/mol. The lowest BCUT2D eigenvalue weighted by molar-refractivity contribution is 0.584. The van der Waals surface area contributed by atoms with Crippen LogP contribution in [0, 0.1) is 0 Å². The van der Waals surface area contributed by atoms with Gasteiger partial charge in [-0.1, -0.05) is 36.4 Å². The third-order valence-corrected chi connectivity index (χ3v) is 9.28. The van der Waals surface area contributed by atoms with Crippen molar-refractivity contribution in [3.05, 3.63) is 76.6 Å². The van der Waals surface area contributed by atoms with E-state index in [1.54, 1.807) is 42.5 Å². The molecule has 0 fully saturated rings. The Morgan fingerprint density at radius 2 is 1.12 bits per heavy atom. The van der Waals surface area contributed by atoms with Gasteiger partial charge in [-0.3, -0.25) is 0 Å². The van der Waals surface area contributed by atoms with E-state index in [0.717, 1.165) is 11.3 Å². The number of halogens is 1. The molecular formula is C16H12BrNO4S3. The third kappa shape index (κ3) is 3.50. The Balaban J connectivity index is 2.25. The van der Waals surface area contributed by atoms with Crippen LogP contribution in [-0.2, 0) is 20.0 Å². The van der Waals surface area contributed by atoms with Gasteiger partial charge in [-0.15, -0.1) is 15.0 Å². The number of thiophene rings is 1. The van der Waals surface area contributed by atoms with Crippen molar-refractivity contribution in [2.75, 3.05) is 3.71 Å². The molecule has 9 heteroatoms. The third-order valence-electron chi connectivity index (χ3n) is 3.26. The molecule has 0 atom stereocenters. The zero-order valence-electron chi connectivity index (χ0n) is 12.6. The molecule has 0 N–H and O–H groups in total. The van der Waals surface area contributed by atoms with Crippen LogP contribution in [0.15, 0.2) is 86.4 Å². The highest BCUT2D eigenvalue weighted by molar-refractivity contribution is 9.11. The molecule has 1 aromatic heterocycles. The van der Waals surface area contributed by atoms with Crippen molar-refractivity contribution in [2.24, 2.45) is 0 Å². The van der Waals surface area contributed by atoms with Crippen LogP contribution in [0.4, 0.5) is 5.00 Å². The summed E-state index contributed by atoms with van der Waals surface area (Å²) in [5.41, 5.74) is 0. The second kappa shape index (κ2) is 6.91. The van der Waals surface area contributed by atoms with Gasteiger partial charge in [0.25, 0.3) is 20.0 Å². The van der Waals surface area contributed by atoms with Crippen LogP contribution in [0.3, 0.4) is 0 Å². The van der Waals surface area contributed by atoms with Crippen LogP contribution in [0.25, 0.3) is 0 Å². The summed E-state index contributed by atoms with van der Waals surface area (Å²) in [4.78, 5) is -0.196. The van der Waals surface area contributed by atoms with Gasteiger partial charge in [0.15, 0.2) is 0 Å². The van der Waals surface area contributed by atoms with Crippen molar-refractivity contribution in [1.82, 2.24) is 0 Å². The predicted octanol–water partition coefficient (Wildman–Crippen LogP) is 4.09. The van der Waals surface area contributed by atoms with E-state index in [-0.39, 0.29) is 14.8 Å². The summed E-state index contributed by atoms with van der Waals surface area (Å²) in [6, 6.07) is 18.0. The molecule has 1 heterocycles. The van der Waals surface area contributed by atoms with Crippen molar-refractivity contribution in [3.8, 4) is 0 Å². The van der Waals surface area contributed by atoms with E-state index < -0.39 is 20.0 Å². The molecule has 0 aliphatic rings. The molecule has 2 aromatic carbocycles. The standard InChI is InChI=1S/C16H12BrNO4S3/c17-15-11-12-16(23-15)18(24(19,20)13-7-3-1-4-8-13)25(21,22)14-9-5-2-6-10-14/h1-12H. The van der Waals surface area contributed by atoms with Crippen molar-refractivity contribution >= 4 is 52.3 Å². The maximum absolute atomic E-state index is 13.1. The van der Waals surface area contributed by atoms with Crippen molar-refractivity contribution in [1.29, 1.82) is 0 Å². The van der Waals surface area contributed by atoms with E-state index in [4.69, 9.17) is 0 Å². The Morgan fingerprint density at radius 3 is 1.48 bits per heavy atom. The summed E-state index contributed by atoms with van der Waals surface area (Å²) in [5.74, 6) is 0. The Kier molecular flexibility index (Phi) is 5.01. The molecule has 0 unspecified atom stereocenters. The maximum atomic E-state index is 13.1. The number of anilines is 1. The number of hydrogen-bond donors (Lipinski definition) is 0. The second-order valence-electron chi connectivity index (χ2n) is 4.91. The molecule has 25 heavy (non-hydrogen) atoms. The van der Waals surface area contributed by atoms with Crippen molar-refractivity contribution in [2.45, 2.75) is 9.79 Å². The van der Waals surface area contributed by atoms with Gasteiger partial charge in [0.05, 0.1) is 13.6 Å². The van der Waals surface area contributed by atoms with Gasteiger partial charge in [0, 0.05) is 0 Å². The van der Waals surface area contributed by atoms with E-state index in [2.05, 4.69) is 15.9 Å². The largest absolute Gasteiger partial charge is 0.278 e. The fourth-order valence-corrected chi connectivity index (χ4v) is 7.66. The quantitative estimate of drug-likeness (QED) is 0.578. The summed E-state index contributed by atoms with van der Waals surface area (Å²) in [7, 11) is -8.62. The molecule has 0 radical (unpaired) electrons. The predicted molar refractivity (Wildman–Crippen MR) is 102 cm³/mol. The fraction of sp³-hybridized carbons (Fsp3) is 0. The lowest BCUT2D eigenvalue weighted by Gasteiger charge is -2.22. The van der Waals surface area contributed by atoms with Gasteiger partial charge >= 0.3 is 0 Å². The molecule has 0 aliphatic heterocycles. The lowest BCUT2D eigenvalue weighted by atomic mass is 10.4. The molecule has 3 aromatic rings. The van der Waals surface area contributed by atoms with Gasteiger partial charge in [-0.05, 0) is 52.3 Å². The zero-order chi connectivity index (χ0) is 18.1. The van der Waals surface area contributed by atoms with Crippen molar-refractivity contribution < 1.29 is 16.8 Å². The Hall–Kier alpha value is -1.68. The van der Waals surface area contributed by atoms with Crippen LogP contribution in [0.1, 0.15) is 0 Å². The van der Waals surface area contributed by atoms with Crippen LogP contribution < -0.4 is 3.71 Å². The normalized spacial score (nSPS) is 12.0. The molecule has 3 rings (SSSR count). The van der Waals surface area contributed by atoms with Crippen molar-refractivity contribution in [3.63, 3.8) is 0 Å². The maximum Gasteiger partial charge on any atom is 0.278 e. The highest BCUT2D eigenvalue weighted by Crippen LogP contribution is 2.37. The van der Waals surface area contributed by atoms with Gasteiger partial charge in [-0.2, -0.15) is 16.8 Å². The van der Waals surface area contributed by atoms with E-state index in [1.807, 2.05) is 0 Å². The molecule has 0 saturated carbocycles. The number of benzene rings is 2. The van der Waals surface area contributed by atoms with E-state index in [0.29, 0.717) is 7.50 Å². The van der Waals surface area contributed by atoms with Crippen LogP contribution >= 0.6 is 27.3 Å². The highest BCUT2D eigenvalue weighted by atomic mass is 79.9. The molecule has 0 aliphatic carbocycles. The monoisotopic (exact) mass is 457 g/mol. The van der Waals surface area contributed by atoms with E-state index >= 15 is 0 Å². The van der Waals surface area contributed by atoms with Gasteiger partial charge in [0.2, 0.25) is 0 Å². The van der Waals surface area contributed by atoms with Gasteiger partial charge < -0.3 is 0 Å². The Labute approximate surface area is 158 Å². The average Bonchev–Trinajstić information content (AvgIpc) is 3.01. The topological polar surface area (TPSA) is 71.5 Å². The molecule has 130 valence electrons. The summed E-state index contributed by atoms with van der Waals surface area (Å²) < 4.78 is 53.5. The highest BCUT2D eigenvalue weighted by Gasteiger charge is 2.37. The van der Waals surface area contributed by atoms with Crippen LogP contribution in [-0.4, -0.2) is 16.8 Å². The van der Waals surface area contributed by atoms with Crippen LogP contribution in [0.2, 0.25) is 0 Å². The number of hydrogen-bond acceptors (Lipinski definition) is 5. The molecule has 0 amide bonds. The molecule has 0 spiro atoms. The Morgan fingerprint density at radius 1 is 0.680 bits per heavy atom. The summed E-state index contributed by atoms with van der Waals surface area (Å²) in [5, 5.41) is 0.0829. The fourth-order valence-electron chi connectivity index (χ4n) is 2.15. The molecular weight excluding hydrogens is 446 g/mol. The van der Waals surface area contributed by atoms with Gasteiger partial charge in [0.1, 0.15) is 5.00 Å². The number of rotatable bonds is 5. The minimum absolute atomic E-state index is 0.0829. The minimum Gasteiger partial charge on any atom is -0.200 e. The van der Waals surface area contributed by atoms with E-state index in [1.165, 1.54) is 30.3 Å². The first kappa shape index (κ1) is 18.1. The lowest BCUT2D eigenvalue weighted by Crippen LogP contribution is -2.36. The van der Waals surface area contributed by atoms with E-state index in [9.17, 15) is 16.8 Å². The molecule has 5 nitrogen and oxygen atoms in total. The SMILES string of the molecule is O=S(=O)(c1ccccc1)N(c1ccc(Br)s1)S(=O)(=O)c1ccccc1. The first-order chi connectivity index (χ1) is 11.8. The first-order valence-corrected chi connectivity index (χ1v) is 11.5. The van der Waals surface area contributed by atoms with Gasteiger partial charge in [-0.25, -0.2) is 0 Å². The number of sulfonamides is 2.